The van der Waals surface area contributed by atoms with Gasteiger partial charge in [-0.1, -0.05) is 6.08 Å². The van der Waals surface area contributed by atoms with Crippen LogP contribution in [-0.4, -0.2) is 25.0 Å². The molecule has 3 heteroatoms. The summed E-state index contributed by atoms with van der Waals surface area (Å²) in [5, 5.41) is 6.20. The van der Waals surface area contributed by atoms with Crippen LogP contribution in [0.2, 0.25) is 0 Å². The molecule has 0 aromatic heterocycles. The third-order valence-corrected chi connectivity index (χ3v) is 2.22. The summed E-state index contributed by atoms with van der Waals surface area (Å²) < 4.78 is 0. The molecule has 1 aliphatic heterocycles. The van der Waals surface area contributed by atoms with Crippen molar-refractivity contribution < 1.29 is 4.79 Å². The van der Waals surface area contributed by atoms with Crippen LogP contribution in [0.3, 0.4) is 0 Å². The Morgan fingerprint density at radius 1 is 1.75 bits per heavy atom. The van der Waals surface area contributed by atoms with Gasteiger partial charge in [-0.2, -0.15) is 0 Å². The molecule has 0 spiro atoms. The molecular formula is C9H16N2O. The second kappa shape index (κ2) is 4.26. The standard InChI is InChI=1S/C9H16N2O/c1-3-8-6-10-5-4-9(8)11-7(2)12/h3,8-10H,1,4-6H2,2H3,(H,11,12). The summed E-state index contributed by atoms with van der Waals surface area (Å²) in [6, 6.07) is 0.279. The fourth-order valence-electron chi connectivity index (χ4n) is 1.57. The number of amides is 1. The molecule has 1 saturated heterocycles. The Morgan fingerprint density at radius 3 is 3.08 bits per heavy atom. The highest BCUT2D eigenvalue weighted by Crippen LogP contribution is 2.11. The van der Waals surface area contributed by atoms with Gasteiger partial charge in [0.1, 0.15) is 0 Å². The Morgan fingerprint density at radius 2 is 2.50 bits per heavy atom. The van der Waals surface area contributed by atoms with Gasteiger partial charge in [-0.3, -0.25) is 4.79 Å². The number of carbonyl (C=O) groups is 1. The van der Waals surface area contributed by atoms with Crippen LogP contribution in [0.25, 0.3) is 0 Å². The topological polar surface area (TPSA) is 41.1 Å². The highest BCUT2D eigenvalue weighted by Gasteiger charge is 2.22. The number of hydrogen-bond acceptors (Lipinski definition) is 2. The van der Waals surface area contributed by atoms with Gasteiger partial charge in [-0.25, -0.2) is 0 Å². The molecule has 12 heavy (non-hydrogen) atoms. The summed E-state index contributed by atoms with van der Waals surface area (Å²) in [4.78, 5) is 10.8. The molecular weight excluding hydrogens is 152 g/mol. The van der Waals surface area contributed by atoms with Crippen molar-refractivity contribution in [3.05, 3.63) is 12.7 Å². The molecule has 2 N–H and O–H groups in total. The lowest BCUT2D eigenvalue weighted by molar-refractivity contribution is -0.120. The molecule has 2 atom stereocenters. The lowest BCUT2D eigenvalue weighted by Crippen LogP contribution is -2.48. The van der Waals surface area contributed by atoms with Crippen LogP contribution in [0.4, 0.5) is 0 Å². The number of carbonyl (C=O) groups excluding carboxylic acids is 1. The Balaban J connectivity index is 2.46. The van der Waals surface area contributed by atoms with E-state index in [4.69, 9.17) is 0 Å². The number of nitrogens with one attached hydrogen (secondary N) is 2. The van der Waals surface area contributed by atoms with Crippen LogP contribution < -0.4 is 10.6 Å². The fraction of sp³-hybridized carbons (Fsp3) is 0.667. The largest absolute Gasteiger partial charge is 0.353 e. The third-order valence-electron chi connectivity index (χ3n) is 2.22. The molecule has 3 nitrogen and oxygen atoms in total. The minimum absolute atomic E-state index is 0.0498. The highest BCUT2D eigenvalue weighted by atomic mass is 16.1. The molecule has 0 saturated carbocycles. The molecule has 68 valence electrons. The Bertz CT molecular complexity index is 179. The van der Waals surface area contributed by atoms with E-state index in [-0.39, 0.29) is 11.9 Å². The smallest absolute Gasteiger partial charge is 0.217 e. The summed E-state index contributed by atoms with van der Waals surface area (Å²) in [6.07, 6.45) is 2.91. The third kappa shape index (κ3) is 2.34. The molecule has 1 amide bonds. The van der Waals surface area contributed by atoms with Crippen molar-refractivity contribution in [2.24, 2.45) is 5.92 Å². The van der Waals surface area contributed by atoms with Crippen molar-refractivity contribution in [2.75, 3.05) is 13.1 Å². The van der Waals surface area contributed by atoms with Gasteiger partial charge >= 0.3 is 0 Å². The SMILES string of the molecule is C=CC1CNCCC1NC(C)=O. The van der Waals surface area contributed by atoms with Crippen molar-refractivity contribution in [1.29, 1.82) is 0 Å². The first-order valence-electron chi connectivity index (χ1n) is 4.34. The molecule has 1 rings (SSSR count). The average Bonchev–Trinajstić information content (AvgIpc) is 2.04. The zero-order valence-corrected chi connectivity index (χ0v) is 7.47. The normalized spacial score (nSPS) is 29.4. The average molecular weight is 168 g/mol. The maximum absolute atomic E-state index is 10.8. The van der Waals surface area contributed by atoms with Gasteiger partial charge in [0.2, 0.25) is 5.91 Å². The quantitative estimate of drug-likeness (QED) is 0.582. The second-order valence-corrected chi connectivity index (χ2v) is 3.20. The van der Waals surface area contributed by atoms with E-state index < -0.39 is 0 Å². The molecule has 0 aromatic carbocycles. The van der Waals surface area contributed by atoms with Crippen molar-refractivity contribution in [1.82, 2.24) is 10.6 Å². The number of rotatable bonds is 2. The fourth-order valence-corrected chi connectivity index (χ4v) is 1.57. The summed E-state index contributed by atoms with van der Waals surface area (Å²) >= 11 is 0. The molecule has 1 fully saturated rings. The minimum Gasteiger partial charge on any atom is -0.353 e. The minimum atomic E-state index is 0.0498. The van der Waals surface area contributed by atoms with Gasteiger partial charge in [0.25, 0.3) is 0 Å². The summed E-state index contributed by atoms with van der Waals surface area (Å²) in [6.45, 7) is 7.21. The van der Waals surface area contributed by atoms with E-state index >= 15 is 0 Å². The molecule has 0 bridgehead atoms. The van der Waals surface area contributed by atoms with Gasteiger partial charge in [-0.15, -0.1) is 6.58 Å². The highest BCUT2D eigenvalue weighted by molar-refractivity contribution is 5.73. The maximum Gasteiger partial charge on any atom is 0.217 e. The molecule has 0 aromatic rings. The van der Waals surface area contributed by atoms with Gasteiger partial charge in [-0.05, 0) is 13.0 Å². The molecule has 0 aliphatic carbocycles. The predicted octanol–water partition coefficient (Wildman–Crippen LogP) is 0.287. The number of piperidine rings is 1. The zero-order chi connectivity index (χ0) is 8.97. The van der Waals surface area contributed by atoms with Crippen LogP contribution in [0, 0.1) is 5.92 Å². The first-order chi connectivity index (χ1) is 5.74. The lowest BCUT2D eigenvalue weighted by atomic mass is 9.93. The van der Waals surface area contributed by atoms with E-state index in [9.17, 15) is 4.79 Å². The van der Waals surface area contributed by atoms with Gasteiger partial charge in [0.05, 0.1) is 0 Å². The Kier molecular flexibility index (Phi) is 3.29. The molecule has 1 heterocycles. The van der Waals surface area contributed by atoms with Gasteiger partial charge < -0.3 is 10.6 Å². The van der Waals surface area contributed by atoms with Crippen LogP contribution >= 0.6 is 0 Å². The van der Waals surface area contributed by atoms with E-state index in [1.807, 2.05) is 6.08 Å². The maximum atomic E-state index is 10.8. The molecule has 0 radical (unpaired) electrons. The monoisotopic (exact) mass is 168 g/mol. The van der Waals surface area contributed by atoms with E-state index in [2.05, 4.69) is 17.2 Å². The predicted molar refractivity (Wildman–Crippen MR) is 48.8 cm³/mol. The summed E-state index contributed by atoms with van der Waals surface area (Å²) in [7, 11) is 0. The first-order valence-corrected chi connectivity index (χ1v) is 4.34. The van der Waals surface area contributed by atoms with Crippen molar-refractivity contribution in [3.63, 3.8) is 0 Å². The van der Waals surface area contributed by atoms with Crippen molar-refractivity contribution in [2.45, 2.75) is 19.4 Å². The van der Waals surface area contributed by atoms with Crippen molar-refractivity contribution >= 4 is 5.91 Å². The molecule has 1 aliphatic rings. The van der Waals surface area contributed by atoms with E-state index in [1.165, 1.54) is 0 Å². The Hall–Kier alpha value is -0.830. The first kappa shape index (κ1) is 9.26. The van der Waals surface area contributed by atoms with Crippen LogP contribution in [0.15, 0.2) is 12.7 Å². The lowest BCUT2D eigenvalue weighted by Gasteiger charge is -2.30. The molecule has 2 unspecified atom stereocenters. The van der Waals surface area contributed by atoms with E-state index in [0.717, 1.165) is 19.5 Å². The van der Waals surface area contributed by atoms with Gasteiger partial charge in [0.15, 0.2) is 0 Å². The second-order valence-electron chi connectivity index (χ2n) is 3.20. The summed E-state index contributed by atoms with van der Waals surface area (Å²) in [5.41, 5.74) is 0. The summed E-state index contributed by atoms with van der Waals surface area (Å²) in [5.74, 6) is 0.427. The van der Waals surface area contributed by atoms with Crippen LogP contribution in [0.5, 0.6) is 0 Å². The van der Waals surface area contributed by atoms with E-state index in [0.29, 0.717) is 5.92 Å². The number of hydrogen-bond donors (Lipinski definition) is 2. The zero-order valence-electron chi connectivity index (χ0n) is 7.47. The van der Waals surface area contributed by atoms with E-state index in [1.54, 1.807) is 6.92 Å². The van der Waals surface area contributed by atoms with Crippen LogP contribution in [0.1, 0.15) is 13.3 Å². The Labute approximate surface area is 73.2 Å². The van der Waals surface area contributed by atoms with Crippen molar-refractivity contribution in [3.8, 4) is 0 Å². The van der Waals surface area contributed by atoms with Gasteiger partial charge in [0, 0.05) is 25.4 Å². The van der Waals surface area contributed by atoms with Crippen LogP contribution in [-0.2, 0) is 4.79 Å².